The van der Waals surface area contributed by atoms with Crippen LogP contribution in [0.1, 0.15) is 26.5 Å². The lowest BCUT2D eigenvalue weighted by Gasteiger charge is -2.12. The van der Waals surface area contributed by atoms with E-state index in [-0.39, 0.29) is 5.82 Å². The van der Waals surface area contributed by atoms with Gasteiger partial charge in [-0.2, -0.15) is 0 Å². The van der Waals surface area contributed by atoms with Crippen molar-refractivity contribution in [2.45, 2.75) is 26.8 Å². The molecule has 1 unspecified atom stereocenters. The molecule has 0 saturated carbocycles. The van der Waals surface area contributed by atoms with E-state index in [1.54, 1.807) is 24.3 Å². The van der Waals surface area contributed by atoms with Crippen LogP contribution in [0.3, 0.4) is 0 Å². The van der Waals surface area contributed by atoms with Crippen LogP contribution in [-0.4, -0.2) is 12.6 Å². The van der Waals surface area contributed by atoms with Crippen LogP contribution in [-0.2, 0) is 0 Å². The molecule has 1 N–H and O–H groups in total. The van der Waals surface area contributed by atoms with E-state index in [0.29, 0.717) is 17.4 Å². The fourth-order valence-electron chi connectivity index (χ4n) is 2.05. The van der Waals surface area contributed by atoms with Crippen LogP contribution < -0.4 is 5.32 Å². The lowest BCUT2D eigenvalue weighted by Crippen LogP contribution is -2.26. The average molecular weight is 273 g/mol. The molecule has 1 heterocycles. The Morgan fingerprint density at radius 1 is 1.30 bits per heavy atom. The minimum Gasteiger partial charge on any atom is -0.457 e. The summed E-state index contributed by atoms with van der Waals surface area (Å²) >= 11 is 0. The summed E-state index contributed by atoms with van der Waals surface area (Å²) < 4.78 is 19.4. The van der Waals surface area contributed by atoms with E-state index in [2.05, 4.69) is 26.1 Å². The number of furan rings is 1. The van der Waals surface area contributed by atoms with Gasteiger partial charge < -0.3 is 9.73 Å². The van der Waals surface area contributed by atoms with Crippen molar-refractivity contribution in [1.82, 2.24) is 5.32 Å². The van der Waals surface area contributed by atoms with Crippen molar-refractivity contribution in [2.24, 2.45) is 0 Å². The molecule has 0 aliphatic rings. The summed E-state index contributed by atoms with van der Waals surface area (Å²) in [6, 6.07) is 10.6. The second-order valence-corrected chi connectivity index (χ2v) is 4.85. The third-order valence-corrected chi connectivity index (χ3v) is 3.33. The van der Waals surface area contributed by atoms with Gasteiger partial charge in [0.25, 0.3) is 0 Å². The van der Waals surface area contributed by atoms with Crippen LogP contribution in [0.15, 0.2) is 46.4 Å². The number of hydrogen-bond donors (Lipinski definition) is 1. The minimum absolute atomic E-state index is 0.268. The summed E-state index contributed by atoms with van der Waals surface area (Å²) in [6.45, 7) is 7.16. The molecule has 0 saturated heterocycles. The van der Waals surface area contributed by atoms with E-state index >= 15 is 0 Å². The largest absolute Gasteiger partial charge is 0.457 e. The van der Waals surface area contributed by atoms with E-state index in [1.165, 1.54) is 11.6 Å². The van der Waals surface area contributed by atoms with Gasteiger partial charge >= 0.3 is 0 Å². The van der Waals surface area contributed by atoms with Crippen molar-refractivity contribution in [1.29, 1.82) is 0 Å². The topological polar surface area (TPSA) is 25.2 Å². The quantitative estimate of drug-likeness (QED) is 0.868. The highest BCUT2D eigenvalue weighted by molar-refractivity contribution is 5.61. The molecule has 3 heteroatoms. The molecular formula is C17H20FNO. The van der Waals surface area contributed by atoms with Gasteiger partial charge in [-0.25, -0.2) is 4.39 Å². The van der Waals surface area contributed by atoms with Crippen molar-refractivity contribution in [2.75, 3.05) is 6.54 Å². The molecule has 1 aromatic carbocycles. The summed E-state index contributed by atoms with van der Waals surface area (Å²) in [5.74, 6) is 1.03. The number of rotatable bonds is 5. The summed E-state index contributed by atoms with van der Waals surface area (Å²) in [6.07, 6.45) is 1.98. The smallest absolute Gasteiger partial charge is 0.137 e. The fourth-order valence-corrected chi connectivity index (χ4v) is 2.05. The van der Waals surface area contributed by atoms with Crippen LogP contribution in [0.4, 0.5) is 4.39 Å². The van der Waals surface area contributed by atoms with Crippen molar-refractivity contribution < 1.29 is 8.81 Å². The van der Waals surface area contributed by atoms with E-state index in [1.807, 2.05) is 12.1 Å². The first-order chi connectivity index (χ1) is 9.61. The second kappa shape index (κ2) is 6.53. The molecule has 1 atom stereocenters. The first kappa shape index (κ1) is 14.5. The molecule has 0 spiro atoms. The van der Waals surface area contributed by atoms with Crippen LogP contribution in [0.5, 0.6) is 0 Å². The number of nitrogens with one attached hydrogen (secondary N) is 1. The SMILES string of the molecule is CCNC(C)/C(C)=C/c1ccc(-c2ccccc2F)o1. The van der Waals surface area contributed by atoms with Crippen LogP contribution in [0.2, 0.25) is 0 Å². The Morgan fingerprint density at radius 3 is 2.75 bits per heavy atom. The van der Waals surface area contributed by atoms with Gasteiger partial charge in [-0.15, -0.1) is 0 Å². The van der Waals surface area contributed by atoms with Gasteiger partial charge in [-0.1, -0.05) is 24.6 Å². The average Bonchev–Trinajstić information content (AvgIpc) is 2.87. The van der Waals surface area contributed by atoms with E-state index in [9.17, 15) is 4.39 Å². The molecule has 106 valence electrons. The number of benzene rings is 1. The number of halogens is 1. The zero-order chi connectivity index (χ0) is 14.5. The molecule has 2 rings (SSSR count). The van der Waals surface area contributed by atoms with Gasteiger partial charge in [0.15, 0.2) is 0 Å². The molecule has 0 aliphatic heterocycles. The maximum absolute atomic E-state index is 13.7. The Kier molecular flexibility index (Phi) is 4.74. The zero-order valence-electron chi connectivity index (χ0n) is 12.1. The molecule has 20 heavy (non-hydrogen) atoms. The van der Waals surface area contributed by atoms with Crippen LogP contribution >= 0.6 is 0 Å². The molecular weight excluding hydrogens is 253 g/mol. The van der Waals surface area contributed by atoms with Gasteiger partial charge in [0.05, 0.1) is 5.56 Å². The van der Waals surface area contributed by atoms with Gasteiger partial charge in [0.2, 0.25) is 0 Å². The van der Waals surface area contributed by atoms with Gasteiger partial charge in [0, 0.05) is 6.04 Å². The summed E-state index contributed by atoms with van der Waals surface area (Å²) in [5.41, 5.74) is 1.67. The predicted molar refractivity (Wildman–Crippen MR) is 80.9 cm³/mol. The third-order valence-electron chi connectivity index (χ3n) is 3.33. The lowest BCUT2D eigenvalue weighted by molar-refractivity contribution is 0.559. The normalized spacial score (nSPS) is 13.5. The van der Waals surface area contributed by atoms with Gasteiger partial charge in [-0.05, 0) is 50.7 Å². The number of hydrogen-bond acceptors (Lipinski definition) is 2. The summed E-state index contributed by atoms with van der Waals surface area (Å²) in [7, 11) is 0. The molecule has 0 amide bonds. The first-order valence-corrected chi connectivity index (χ1v) is 6.88. The standard InChI is InChI=1S/C17H20FNO/c1-4-19-13(3)12(2)11-14-9-10-17(20-14)15-7-5-6-8-16(15)18/h5-11,13,19H,4H2,1-3H3/b12-11+. The summed E-state index contributed by atoms with van der Waals surface area (Å²) in [4.78, 5) is 0. The summed E-state index contributed by atoms with van der Waals surface area (Å²) in [5, 5.41) is 3.34. The highest BCUT2D eigenvalue weighted by Crippen LogP contribution is 2.25. The first-order valence-electron chi connectivity index (χ1n) is 6.88. The Morgan fingerprint density at radius 2 is 2.05 bits per heavy atom. The second-order valence-electron chi connectivity index (χ2n) is 4.85. The van der Waals surface area contributed by atoms with Crippen LogP contribution in [0.25, 0.3) is 17.4 Å². The highest BCUT2D eigenvalue weighted by atomic mass is 19.1. The molecule has 2 nitrogen and oxygen atoms in total. The highest BCUT2D eigenvalue weighted by Gasteiger charge is 2.09. The van der Waals surface area contributed by atoms with Gasteiger partial charge in [-0.3, -0.25) is 0 Å². The Balaban J connectivity index is 2.22. The lowest BCUT2D eigenvalue weighted by atomic mass is 10.1. The zero-order valence-corrected chi connectivity index (χ0v) is 12.1. The van der Waals surface area contributed by atoms with Crippen molar-refractivity contribution >= 4 is 6.08 Å². The molecule has 2 aromatic rings. The predicted octanol–water partition coefficient (Wildman–Crippen LogP) is 4.49. The maximum atomic E-state index is 13.7. The van der Waals surface area contributed by atoms with E-state index in [0.717, 1.165) is 12.3 Å². The molecule has 0 bridgehead atoms. The molecule has 0 fully saturated rings. The Labute approximate surface area is 119 Å². The Hall–Kier alpha value is -1.87. The Bertz CT molecular complexity index is 601. The van der Waals surface area contributed by atoms with Crippen molar-refractivity contribution in [3.8, 4) is 11.3 Å². The van der Waals surface area contributed by atoms with E-state index in [4.69, 9.17) is 4.42 Å². The monoisotopic (exact) mass is 273 g/mol. The fraction of sp³-hybridized carbons (Fsp3) is 0.294. The molecule has 0 radical (unpaired) electrons. The molecule has 1 aromatic heterocycles. The maximum Gasteiger partial charge on any atom is 0.137 e. The third kappa shape index (κ3) is 3.36. The van der Waals surface area contributed by atoms with E-state index < -0.39 is 0 Å². The van der Waals surface area contributed by atoms with Crippen LogP contribution in [0, 0.1) is 5.82 Å². The van der Waals surface area contributed by atoms with Crippen molar-refractivity contribution in [3.05, 3.63) is 53.5 Å². The number of likely N-dealkylation sites (N-methyl/N-ethyl adjacent to an activating group) is 1. The van der Waals surface area contributed by atoms with Gasteiger partial charge in [0.1, 0.15) is 17.3 Å². The minimum atomic E-state index is -0.268. The van der Waals surface area contributed by atoms with Crippen molar-refractivity contribution in [3.63, 3.8) is 0 Å². The molecule has 0 aliphatic carbocycles.